The fourth-order valence-electron chi connectivity index (χ4n) is 5.13. The summed E-state index contributed by atoms with van der Waals surface area (Å²) < 4.78 is 29.4. The number of nitrogens with one attached hydrogen (secondary N) is 1. The number of fused-ring (bicyclic) bond motifs is 1. The molecule has 1 N–H and O–H groups in total. The zero-order valence-electron chi connectivity index (χ0n) is 17.1. The summed E-state index contributed by atoms with van der Waals surface area (Å²) in [4.78, 5) is 2.60. The van der Waals surface area contributed by atoms with Crippen LogP contribution in [0.3, 0.4) is 0 Å². The van der Waals surface area contributed by atoms with E-state index in [9.17, 15) is 8.76 Å². The molecule has 1 saturated carbocycles. The van der Waals surface area contributed by atoms with E-state index in [1.807, 2.05) is 24.3 Å². The largest absolute Gasteiger partial charge is 0.760 e. The monoisotopic (exact) mass is 413 g/mol. The lowest BCUT2D eigenvalue weighted by Gasteiger charge is -2.25. The van der Waals surface area contributed by atoms with Crippen LogP contribution in [0.5, 0.6) is 5.75 Å². The molecular formula is C23H29N2O3S-. The van der Waals surface area contributed by atoms with Gasteiger partial charge in [-0.2, -0.15) is 0 Å². The SMILES string of the molecule is COc1ccccc1CCCN1CC2C(C1)C2(C)c1cccc(CNS(=O)[O-])c1. The molecule has 2 aromatic rings. The van der Waals surface area contributed by atoms with Gasteiger partial charge in [-0.1, -0.05) is 49.4 Å². The molecule has 1 aliphatic carbocycles. The predicted molar refractivity (Wildman–Crippen MR) is 114 cm³/mol. The number of rotatable bonds is 9. The zero-order valence-corrected chi connectivity index (χ0v) is 17.9. The first-order valence-corrected chi connectivity index (χ1v) is 11.4. The Hall–Kier alpha value is -1.73. The zero-order chi connectivity index (χ0) is 20.4. The molecule has 0 aromatic heterocycles. The van der Waals surface area contributed by atoms with Crippen molar-refractivity contribution in [1.29, 1.82) is 0 Å². The third kappa shape index (κ3) is 4.26. The summed E-state index contributed by atoms with van der Waals surface area (Å²) in [5.41, 5.74) is 3.88. The molecule has 6 heteroatoms. The molecule has 0 spiro atoms. The van der Waals surface area contributed by atoms with Gasteiger partial charge in [0.15, 0.2) is 0 Å². The van der Waals surface area contributed by atoms with E-state index in [0.717, 1.165) is 43.8 Å². The van der Waals surface area contributed by atoms with Crippen molar-refractivity contribution in [2.45, 2.75) is 31.7 Å². The molecule has 1 aliphatic heterocycles. The van der Waals surface area contributed by atoms with Crippen LogP contribution in [-0.2, 0) is 29.6 Å². The predicted octanol–water partition coefficient (Wildman–Crippen LogP) is 3.03. The van der Waals surface area contributed by atoms with Crippen LogP contribution in [0.1, 0.15) is 30.0 Å². The lowest BCUT2D eigenvalue weighted by molar-refractivity contribution is 0.274. The van der Waals surface area contributed by atoms with Gasteiger partial charge in [-0.3, -0.25) is 4.21 Å². The van der Waals surface area contributed by atoms with Crippen molar-refractivity contribution in [3.63, 3.8) is 0 Å². The highest BCUT2D eigenvalue weighted by molar-refractivity contribution is 7.77. The van der Waals surface area contributed by atoms with Crippen LogP contribution in [0.15, 0.2) is 48.5 Å². The fraction of sp³-hybridized carbons (Fsp3) is 0.478. The topological polar surface area (TPSA) is 64.6 Å². The van der Waals surface area contributed by atoms with Gasteiger partial charge in [-0.05, 0) is 54.0 Å². The highest BCUT2D eigenvalue weighted by atomic mass is 32.2. The van der Waals surface area contributed by atoms with Crippen molar-refractivity contribution in [3.8, 4) is 5.75 Å². The van der Waals surface area contributed by atoms with Crippen LogP contribution in [0, 0.1) is 11.8 Å². The van der Waals surface area contributed by atoms with Gasteiger partial charge >= 0.3 is 0 Å². The quantitative estimate of drug-likeness (QED) is 0.642. The third-order valence-electron chi connectivity index (χ3n) is 6.88. The maximum atomic E-state index is 10.8. The number of piperidine rings is 1. The molecule has 2 aromatic carbocycles. The number of para-hydroxylation sites is 1. The Kier molecular flexibility index (Phi) is 6.06. The van der Waals surface area contributed by atoms with Gasteiger partial charge in [-0.15, -0.1) is 0 Å². The number of hydrogen-bond donors (Lipinski definition) is 1. The third-order valence-corrected chi connectivity index (χ3v) is 7.26. The Labute approximate surface area is 175 Å². The molecule has 0 bridgehead atoms. The molecule has 2 fully saturated rings. The lowest BCUT2D eigenvalue weighted by atomic mass is 9.91. The summed E-state index contributed by atoms with van der Waals surface area (Å²) in [6.45, 7) is 6.15. The molecule has 1 saturated heterocycles. The Bertz CT molecular complexity index is 876. The van der Waals surface area contributed by atoms with Gasteiger partial charge in [0.05, 0.1) is 7.11 Å². The Morgan fingerprint density at radius 3 is 2.69 bits per heavy atom. The highest BCUT2D eigenvalue weighted by Crippen LogP contribution is 2.63. The number of hydrogen-bond acceptors (Lipinski definition) is 4. The van der Waals surface area contributed by atoms with Crippen molar-refractivity contribution in [1.82, 2.24) is 9.62 Å². The summed E-state index contributed by atoms with van der Waals surface area (Å²) in [6.07, 6.45) is 2.19. The summed E-state index contributed by atoms with van der Waals surface area (Å²) in [7, 11) is 1.73. The second kappa shape index (κ2) is 8.56. The van der Waals surface area contributed by atoms with Crippen molar-refractivity contribution >= 4 is 11.3 Å². The highest BCUT2D eigenvalue weighted by Gasteiger charge is 2.65. The van der Waals surface area contributed by atoms with E-state index in [0.29, 0.717) is 18.4 Å². The molecular weight excluding hydrogens is 384 g/mol. The molecule has 1 heterocycles. The van der Waals surface area contributed by atoms with Crippen LogP contribution in [-0.4, -0.2) is 40.4 Å². The van der Waals surface area contributed by atoms with Gasteiger partial charge < -0.3 is 14.2 Å². The average Bonchev–Trinajstić information content (AvgIpc) is 3.07. The molecule has 0 radical (unpaired) electrons. The molecule has 29 heavy (non-hydrogen) atoms. The molecule has 5 nitrogen and oxygen atoms in total. The van der Waals surface area contributed by atoms with Crippen LogP contribution in [0.4, 0.5) is 0 Å². The van der Waals surface area contributed by atoms with Crippen molar-refractivity contribution in [3.05, 3.63) is 65.2 Å². The summed E-state index contributed by atoms with van der Waals surface area (Å²) in [5, 5.41) is 0. The summed E-state index contributed by atoms with van der Waals surface area (Å²) >= 11 is -2.22. The Morgan fingerprint density at radius 2 is 1.97 bits per heavy atom. The number of nitrogens with zero attached hydrogens (tertiary/aromatic N) is 1. The Balaban J connectivity index is 1.29. The first-order valence-electron chi connectivity index (χ1n) is 10.3. The minimum atomic E-state index is -2.22. The van der Waals surface area contributed by atoms with Crippen LogP contribution < -0.4 is 9.46 Å². The van der Waals surface area contributed by atoms with E-state index < -0.39 is 11.3 Å². The second-order valence-corrected chi connectivity index (χ2v) is 9.18. The second-order valence-electron chi connectivity index (χ2n) is 8.43. The van der Waals surface area contributed by atoms with E-state index in [4.69, 9.17) is 4.74 Å². The van der Waals surface area contributed by atoms with Gasteiger partial charge in [0.1, 0.15) is 5.75 Å². The number of aryl methyl sites for hydroxylation is 1. The number of likely N-dealkylation sites (tertiary alicyclic amines) is 1. The average molecular weight is 414 g/mol. The minimum Gasteiger partial charge on any atom is -0.760 e. The van der Waals surface area contributed by atoms with Crippen LogP contribution >= 0.6 is 0 Å². The Morgan fingerprint density at radius 1 is 1.21 bits per heavy atom. The van der Waals surface area contributed by atoms with Gasteiger partial charge in [0, 0.05) is 36.3 Å². The van der Waals surface area contributed by atoms with Gasteiger partial charge in [0.25, 0.3) is 0 Å². The number of ether oxygens (including phenoxy) is 1. The van der Waals surface area contributed by atoms with Gasteiger partial charge in [-0.25, -0.2) is 4.72 Å². The smallest absolute Gasteiger partial charge is 0.122 e. The van der Waals surface area contributed by atoms with Crippen molar-refractivity contribution in [2.24, 2.45) is 11.8 Å². The number of benzene rings is 2. The molecule has 0 amide bonds. The van der Waals surface area contributed by atoms with Crippen LogP contribution in [0.2, 0.25) is 0 Å². The van der Waals surface area contributed by atoms with Crippen molar-refractivity contribution < 1.29 is 13.5 Å². The van der Waals surface area contributed by atoms with E-state index in [1.165, 1.54) is 11.1 Å². The van der Waals surface area contributed by atoms with E-state index in [2.05, 4.69) is 40.8 Å². The summed E-state index contributed by atoms with van der Waals surface area (Å²) in [5.74, 6) is 2.38. The standard InChI is InChI=1S/C23H30N2O3S/c1-23(19-10-5-7-17(13-19)14-24-29(26)27)20-15-25(16-21(20)23)12-6-9-18-8-3-4-11-22(18)28-2/h3-5,7-8,10-11,13,20-21,24H,6,9,12,14-16H2,1-2H3,(H,26,27)/p-1. The number of methoxy groups -OCH3 is 1. The lowest BCUT2D eigenvalue weighted by Crippen LogP contribution is -2.30. The van der Waals surface area contributed by atoms with Crippen LogP contribution in [0.25, 0.3) is 0 Å². The van der Waals surface area contributed by atoms with Gasteiger partial charge in [0.2, 0.25) is 0 Å². The van der Waals surface area contributed by atoms with Crippen molar-refractivity contribution in [2.75, 3.05) is 26.7 Å². The molecule has 4 rings (SSSR count). The summed E-state index contributed by atoms with van der Waals surface area (Å²) in [6, 6.07) is 16.7. The molecule has 156 valence electrons. The maximum Gasteiger partial charge on any atom is 0.122 e. The molecule has 2 aliphatic rings. The normalized spacial score (nSPS) is 26.9. The minimum absolute atomic E-state index is 0.228. The van der Waals surface area contributed by atoms with E-state index >= 15 is 0 Å². The first-order chi connectivity index (χ1) is 14.0. The molecule has 3 atom stereocenters. The first kappa shape index (κ1) is 20.5. The molecule has 3 unspecified atom stereocenters. The maximum absolute atomic E-state index is 10.8. The van der Waals surface area contributed by atoms with E-state index in [1.54, 1.807) is 7.11 Å². The fourth-order valence-corrected chi connectivity index (χ4v) is 5.42. The van der Waals surface area contributed by atoms with E-state index in [-0.39, 0.29) is 5.41 Å².